The largest absolute Gasteiger partial charge is 0.332 e. The third kappa shape index (κ3) is 4.25. The van der Waals surface area contributed by atoms with Crippen LogP contribution in [0.15, 0.2) is 77.4 Å². The number of carbonyl (C=O) groups excluding carboxylic acids is 2. The van der Waals surface area contributed by atoms with Crippen molar-refractivity contribution in [2.75, 3.05) is 5.32 Å². The maximum absolute atomic E-state index is 14.4. The van der Waals surface area contributed by atoms with Crippen molar-refractivity contribution in [2.24, 2.45) is 0 Å². The van der Waals surface area contributed by atoms with Crippen molar-refractivity contribution >= 4 is 17.5 Å². The first-order valence-corrected chi connectivity index (χ1v) is 9.33. The number of rotatable bonds is 4. The molecule has 0 radical (unpaired) electrons. The first-order chi connectivity index (χ1) is 14.9. The van der Waals surface area contributed by atoms with E-state index >= 15 is 0 Å². The second-order valence-corrected chi connectivity index (χ2v) is 6.87. The molecule has 1 aliphatic heterocycles. The van der Waals surface area contributed by atoms with Crippen LogP contribution in [-0.4, -0.2) is 21.6 Å². The Bertz CT molecular complexity index is 1250. The van der Waals surface area contributed by atoms with Crippen molar-refractivity contribution < 1.29 is 18.4 Å². The molecular formula is C22H16F2N4O3. The number of amides is 2. The molecule has 2 amide bonds. The van der Waals surface area contributed by atoms with Gasteiger partial charge in [-0.25, -0.2) is 8.78 Å². The van der Waals surface area contributed by atoms with Gasteiger partial charge in [0, 0.05) is 36.4 Å². The van der Waals surface area contributed by atoms with E-state index in [1.807, 2.05) is 0 Å². The standard InChI is InChI=1S/C22H16F2N4O3/c23-14-5-3-13(4-6-14)16-11-20(29)25-12-17(16)22(31)27-19-10-15(7-8-18(19)24)28-21(30)2-1-9-26-28/h1-10,12,16H,11H2,(H,25,29)(H,27,31). The Balaban J connectivity index is 1.64. The minimum absolute atomic E-state index is 0.0171. The number of hydrogen-bond acceptors (Lipinski definition) is 4. The van der Waals surface area contributed by atoms with Gasteiger partial charge in [0.1, 0.15) is 11.6 Å². The fourth-order valence-corrected chi connectivity index (χ4v) is 3.32. The summed E-state index contributed by atoms with van der Waals surface area (Å²) in [5.74, 6) is -2.71. The zero-order valence-electron chi connectivity index (χ0n) is 16.0. The molecule has 0 spiro atoms. The van der Waals surface area contributed by atoms with E-state index in [0.717, 1.165) is 10.7 Å². The van der Waals surface area contributed by atoms with Gasteiger partial charge in [-0.2, -0.15) is 9.78 Å². The highest BCUT2D eigenvalue weighted by Gasteiger charge is 2.29. The molecule has 1 aromatic heterocycles. The predicted octanol–water partition coefficient (Wildman–Crippen LogP) is 2.64. The monoisotopic (exact) mass is 422 g/mol. The van der Waals surface area contributed by atoms with Gasteiger partial charge in [0.05, 0.1) is 11.4 Å². The van der Waals surface area contributed by atoms with Crippen LogP contribution in [0.5, 0.6) is 0 Å². The summed E-state index contributed by atoms with van der Waals surface area (Å²) in [5, 5.41) is 8.90. The first-order valence-electron chi connectivity index (χ1n) is 9.33. The maximum Gasteiger partial charge on any atom is 0.271 e. The molecule has 2 heterocycles. The molecule has 0 saturated carbocycles. The van der Waals surface area contributed by atoms with Gasteiger partial charge in [0.25, 0.3) is 11.5 Å². The summed E-state index contributed by atoms with van der Waals surface area (Å²) >= 11 is 0. The Morgan fingerprint density at radius 1 is 1.10 bits per heavy atom. The Kier molecular flexibility index (Phi) is 5.40. The van der Waals surface area contributed by atoms with Crippen LogP contribution in [0.2, 0.25) is 0 Å². The highest BCUT2D eigenvalue weighted by molar-refractivity contribution is 6.06. The van der Waals surface area contributed by atoms with Crippen molar-refractivity contribution in [3.05, 3.63) is 100 Å². The van der Waals surface area contributed by atoms with Crippen LogP contribution < -0.4 is 16.2 Å². The molecule has 9 heteroatoms. The lowest BCUT2D eigenvalue weighted by atomic mass is 9.86. The number of carbonyl (C=O) groups is 2. The van der Waals surface area contributed by atoms with E-state index in [1.165, 1.54) is 60.9 Å². The number of hydrogen-bond donors (Lipinski definition) is 2. The van der Waals surface area contributed by atoms with Crippen LogP contribution in [0.4, 0.5) is 14.5 Å². The molecule has 1 unspecified atom stereocenters. The van der Waals surface area contributed by atoms with Gasteiger partial charge in [-0.05, 0) is 42.0 Å². The van der Waals surface area contributed by atoms with E-state index in [9.17, 15) is 23.2 Å². The molecular weight excluding hydrogens is 406 g/mol. The van der Waals surface area contributed by atoms with Crippen LogP contribution in [0.1, 0.15) is 17.9 Å². The predicted molar refractivity (Wildman–Crippen MR) is 108 cm³/mol. The molecule has 31 heavy (non-hydrogen) atoms. The van der Waals surface area contributed by atoms with Gasteiger partial charge in [0.15, 0.2) is 0 Å². The highest BCUT2D eigenvalue weighted by atomic mass is 19.1. The van der Waals surface area contributed by atoms with Gasteiger partial charge in [0.2, 0.25) is 5.91 Å². The number of anilines is 1. The maximum atomic E-state index is 14.4. The topological polar surface area (TPSA) is 93.1 Å². The van der Waals surface area contributed by atoms with Gasteiger partial charge in [-0.15, -0.1) is 0 Å². The van der Waals surface area contributed by atoms with Gasteiger partial charge in [-0.1, -0.05) is 12.1 Å². The number of benzene rings is 2. The Hall–Kier alpha value is -4.14. The third-order valence-electron chi connectivity index (χ3n) is 4.85. The summed E-state index contributed by atoms with van der Waals surface area (Å²) < 4.78 is 28.7. The van der Waals surface area contributed by atoms with E-state index < -0.39 is 29.0 Å². The summed E-state index contributed by atoms with van der Waals surface area (Å²) in [6, 6.07) is 12.0. The first kappa shape index (κ1) is 20.1. The van der Waals surface area contributed by atoms with Crippen molar-refractivity contribution in [2.45, 2.75) is 12.3 Å². The average Bonchev–Trinajstić information content (AvgIpc) is 2.76. The van der Waals surface area contributed by atoms with Crippen molar-refractivity contribution in [3.63, 3.8) is 0 Å². The zero-order valence-corrected chi connectivity index (χ0v) is 16.0. The zero-order chi connectivity index (χ0) is 22.0. The van der Waals surface area contributed by atoms with Crippen LogP contribution in [0.25, 0.3) is 5.69 Å². The molecule has 156 valence electrons. The Labute approximate surface area is 175 Å². The van der Waals surface area contributed by atoms with E-state index in [-0.39, 0.29) is 29.3 Å². The summed E-state index contributed by atoms with van der Waals surface area (Å²) in [5.41, 5.74) is 0.456. The van der Waals surface area contributed by atoms with Crippen LogP contribution >= 0.6 is 0 Å². The van der Waals surface area contributed by atoms with E-state index in [0.29, 0.717) is 5.56 Å². The summed E-state index contributed by atoms with van der Waals surface area (Å²) in [4.78, 5) is 36.8. The second-order valence-electron chi connectivity index (χ2n) is 6.87. The number of aromatic nitrogens is 2. The number of halogens is 2. The highest BCUT2D eigenvalue weighted by Crippen LogP contribution is 2.31. The quantitative estimate of drug-likeness (QED) is 0.676. The van der Waals surface area contributed by atoms with Crippen LogP contribution in [0, 0.1) is 11.6 Å². The van der Waals surface area contributed by atoms with E-state index in [4.69, 9.17) is 0 Å². The lowest BCUT2D eigenvalue weighted by Gasteiger charge is -2.24. The molecule has 2 aromatic carbocycles. The smallest absolute Gasteiger partial charge is 0.271 e. The minimum Gasteiger partial charge on any atom is -0.332 e. The van der Waals surface area contributed by atoms with Gasteiger partial charge < -0.3 is 10.6 Å². The number of nitrogens with zero attached hydrogens (tertiary/aromatic N) is 2. The van der Waals surface area contributed by atoms with Crippen molar-refractivity contribution in [3.8, 4) is 5.69 Å². The lowest BCUT2D eigenvalue weighted by Crippen LogP contribution is -2.32. The Morgan fingerprint density at radius 2 is 1.87 bits per heavy atom. The molecule has 1 atom stereocenters. The molecule has 0 fully saturated rings. The fraction of sp³-hybridized carbons (Fsp3) is 0.0909. The average molecular weight is 422 g/mol. The molecule has 4 rings (SSSR count). The third-order valence-corrected chi connectivity index (χ3v) is 4.85. The van der Waals surface area contributed by atoms with Crippen molar-refractivity contribution in [1.29, 1.82) is 0 Å². The second kappa shape index (κ2) is 8.31. The normalized spacial score (nSPS) is 15.7. The van der Waals surface area contributed by atoms with E-state index in [2.05, 4.69) is 15.7 Å². The Morgan fingerprint density at radius 3 is 2.61 bits per heavy atom. The molecule has 0 aliphatic carbocycles. The lowest BCUT2D eigenvalue weighted by molar-refractivity contribution is -0.121. The molecule has 1 aliphatic rings. The molecule has 7 nitrogen and oxygen atoms in total. The minimum atomic E-state index is -0.708. The van der Waals surface area contributed by atoms with Crippen molar-refractivity contribution in [1.82, 2.24) is 15.1 Å². The van der Waals surface area contributed by atoms with Crippen LogP contribution in [-0.2, 0) is 9.59 Å². The van der Waals surface area contributed by atoms with Gasteiger partial charge >= 0.3 is 0 Å². The molecule has 2 N–H and O–H groups in total. The SMILES string of the molecule is O=C1CC(c2ccc(F)cc2)C(C(=O)Nc2cc(-n3ncccc3=O)ccc2F)=CN1. The summed E-state index contributed by atoms with van der Waals surface area (Å²) in [6.45, 7) is 0. The summed E-state index contributed by atoms with van der Waals surface area (Å²) in [6.07, 6.45) is 2.66. The molecule has 0 bridgehead atoms. The van der Waals surface area contributed by atoms with Crippen LogP contribution in [0.3, 0.4) is 0 Å². The van der Waals surface area contributed by atoms with E-state index in [1.54, 1.807) is 0 Å². The molecule has 3 aromatic rings. The van der Waals surface area contributed by atoms with Gasteiger partial charge in [-0.3, -0.25) is 14.4 Å². The molecule has 0 saturated heterocycles. The fourth-order valence-electron chi connectivity index (χ4n) is 3.32. The summed E-state index contributed by atoms with van der Waals surface area (Å²) in [7, 11) is 0. The number of nitrogens with one attached hydrogen (secondary N) is 2.